The Bertz CT molecular complexity index is 389. The lowest BCUT2D eigenvalue weighted by molar-refractivity contribution is -0.471. The summed E-state index contributed by atoms with van der Waals surface area (Å²) in [6.45, 7) is 8.61. The van der Waals surface area contributed by atoms with Crippen LogP contribution in [0.15, 0.2) is 11.1 Å². The van der Waals surface area contributed by atoms with Crippen molar-refractivity contribution in [1.29, 1.82) is 0 Å². The first-order valence-corrected chi connectivity index (χ1v) is 7.19. The number of rotatable bonds is 1. The molecule has 2 saturated heterocycles. The molecule has 4 rings (SSSR count). The largest absolute Gasteiger partial charge is 0.385 e. The highest BCUT2D eigenvalue weighted by molar-refractivity contribution is 5.38. The van der Waals surface area contributed by atoms with Crippen molar-refractivity contribution in [2.24, 2.45) is 11.8 Å². The van der Waals surface area contributed by atoms with E-state index in [0.717, 1.165) is 31.3 Å². The van der Waals surface area contributed by atoms with E-state index < -0.39 is 11.7 Å². The summed E-state index contributed by atoms with van der Waals surface area (Å²) in [5, 5.41) is 10.7. The van der Waals surface area contributed by atoms with Crippen molar-refractivity contribution in [2.45, 2.75) is 70.7 Å². The normalized spacial score (nSPS) is 47.7. The number of aliphatic hydroxyl groups excluding tert-OH is 1. The molecule has 0 aromatic carbocycles. The van der Waals surface area contributed by atoms with Crippen LogP contribution in [-0.2, 0) is 9.78 Å². The molecule has 18 heavy (non-hydrogen) atoms. The lowest BCUT2D eigenvalue weighted by Gasteiger charge is -2.59. The Labute approximate surface area is 109 Å². The van der Waals surface area contributed by atoms with E-state index >= 15 is 0 Å². The maximum absolute atomic E-state index is 10.7. The van der Waals surface area contributed by atoms with Crippen LogP contribution in [0.2, 0.25) is 0 Å². The summed E-state index contributed by atoms with van der Waals surface area (Å²) in [7, 11) is 0. The second-order valence-electron chi connectivity index (χ2n) is 6.80. The Morgan fingerprint density at radius 2 is 2.00 bits per heavy atom. The van der Waals surface area contributed by atoms with Gasteiger partial charge in [0.2, 0.25) is 0 Å². The van der Waals surface area contributed by atoms with Crippen LogP contribution in [0.25, 0.3) is 0 Å². The minimum atomic E-state index is -0.547. The van der Waals surface area contributed by atoms with Gasteiger partial charge in [-0.2, -0.15) is 0 Å². The minimum absolute atomic E-state index is 0.352. The number of hydrogen-bond donors (Lipinski definition) is 1. The van der Waals surface area contributed by atoms with Crippen LogP contribution < -0.4 is 0 Å². The van der Waals surface area contributed by atoms with Crippen molar-refractivity contribution >= 4 is 0 Å². The van der Waals surface area contributed by atoms with Crippen LogP contribution in [-0.4, -0.2) is 22.4 Å². The molecule has 3 heteroatoms. The molecule has 2 heterocycles. The Morgan fingerprint density at radius 3 is 2.56 bits per heavy atom. The molecule has 1 saturated carbocycles. The van der Waals surface area contributed by atoms with E-state index in [0.29, 0.717) is 11.8 Å². The fourth-order valence-corrected chi connectivity index (χ4v) is 3.97. The van der Waals surface area contributed by atoms with Gasteiger partial charge in [0, 0.05) is 0 Å². The highest BCUT2D eigenvalue weighted by atomic mass is 17.2. The third-order valence-electron chi connectivity index (χ3n) is 5.37. The van der Waals surface area contributed by atoms with Gasteiger partial charge in [-0.15, -0.1) is 0 Å². The summed E-state index contributed by atoms with van der Waals surface area (Å²) in [4.78, 5) is 11.4. The molecule has 2 aliphatic carbocycles. The lowest BCUT2D eigenvalue weighted by Crippen LogP contribution is -2.65. The van der Waals surface area contributed by atoms with Gasteiger partial charge < -0.3 is 5.11 Å². The van der Waals surface area contributed by atoms with E-state index in [9.17, 15) is 5.11 Å². The molecule has 102 valence electrons. The maximum atomic E-state index is 10.7. The number of aliphatic hydroxyl groups is 1. The monoisotopic (exact) mass is 252 g/mol. The van der Waals surface area contributed by atoms with Gasteiger partial charge in [0.25, 0.3) is 0 Å². The van der Waals surface area contributed by atoms with Gasteiger partial charge in [-0.1, -0.05) is 26.3 Å². The van der Waals surface area contributed by atoms with Crippen molar-refractivity contribution in [3.8, 4) is 0 Å². The van der Waals surface area contributed by atoms with Crippen molar-refractivity contribution in [1.82, 2.24) is 0 Å². The first kappa shape index (κ1) is 12.6. The second-order valence-corrected chi connectivity index (χ2v) is 6.80. The molecule has 1 N–H and O–H groups in total. The predicted molar refractivity (Wildman–Crippen MR) is 68.8 cm³/mol. The van der Waals surface area contributed by atoms with E-state index in [1.807, 2.05) is 6.92 Å². The van der Waals surface area contributed by atoms with Gasteiger partial charge in [-0.25, -0.2) is 9.78 Å². The fraction of sp³-hybridized carbons (Fsp3) is 0.867. The van der Waals surface area contributed by atoms with E-state index in [2.05, 4.69) is 20.8 Å². The summed E-state index contributed by atoms with van der Waals surface area (Å²) in [6.07, 6.45) is 3.58. The van der Waals surface area contributed by atoms with Crippen LogP contribution >= 0.6 is 0 Å². The zero-order valence-corrected chi connectivity index (χ0v) is 11.8. The molecule has 0 amide bonds. The van der Waals surface area contributed by atoms with Crippen molar-refractivity contribution in [3.63, 3.8) is 0 Å². The number of fused-ring (bicyclic) bond motifs is 2. The first-order valence-electron chi connectivity index (χ1n) is 7.19. The average molecular weight is 252 g/mol. The molecule has 1 unspecified atom stereocenters. The Balaban J connectivity index is 2.16. The molecule has 4 atom stereocenters. The quantitative estimate of drug-likeness (QED) is 0.576. The van der Waals surface area contributed by atoms with Gasteiger partial charge in [0.1, 0.15) is 17.3 Å². The van der Waals surface area contributed by atoms with E-state index in [1.165, 1.54) is 5.57 Å². The fourth-order valence-electron chi connectivity index (χ4n) is 3.97. The zero-order valence-electron chi connectivity index (χ0n) is 11.8. The molecular weight excluding hydrogens is 228 g/mol. The molecule has 0 radical (unpaired) electrons. The highest BCUT2D eigenvalue weighted by Gasteiger charge is 2.62. The van der Waals surface area contributed by atoms with Crippen LogP contribution in [0.4, 0.5) is 0 Å². The summed E-state index contributed by atoms with van der Waals surface area (Å²) in [5.74, 6) is 0.903. The van der Waals surface area contributed by atoms with E-state index in [-0.39, 0.29) is 5.60 Å². The molecule has 2 bridgehead atoms. The molecule has 4 aliphatic rings. The topological polar surface area (TPSA) is 38.7 Å². The molecule has 3 fully saturated rings. The molecule has 0 aromatic heterocycles. The Hall–Kier alpha value is -0.380. The summed E-state index contributed by atoms with van der Waals surface area (Å²) in [5.41, 5.74) is 1.65. The highest BCUT2D eigenvalue weighted by Crippen LogP contribution is 2.57. The Morgan fingerprint density at radius 1 is 1.28 bits per heavy atom. The molecular formula is C15H24O3. The standard InChI is InChI=1S/C15H24O3/c1-9(2)11-6-5-10(3)15-8-7-14(4,17-18-15)13(16)12(11)15/h9-10,13,16H,5-8H2,1-4H3/t10-,13?,14+,15+/m1/s1. The van der Waals surface area contributed by atoms with E-state index in [4.69, 9.17) is 9.78 Å². The van der Waals surface area contributed by atoms with Crippen LogP contribution in [0.5, 0.6) is 0 Å². The first-order chi connectivity index (χ1) is 8.41. The smallest absolute Gasteiger partial charge is 0.131 e. The van der Waals surface area contributed by atoms with E-state index in [1.54, 1.807) is 0 Å². The summed E-state index contributed by atoms with van der Waals surface area (Å²) < 4.78 is 0. The van der Waals surface area contributed by atoms with Gasteiger partial charge >= 0.3 is 0 Å². The third-order valence-corrected chi connectivity index (χ3v) is 5.37. The average Bonchev–Trinajstić information content (AvgIpc) is 2.33. The van der Waals surface area contributed by atoms with Crippen molar-refractivity contribution in [2.75, 3.05) is 0 Å². The SMILES string of the molecule is CC(C)C1=C2C(O)[C@]3(C)CC[C@]2(OO3)[C@H](C)CC1. The summed E-state index contributed by atoms with van der Waals surface area (Å²) in [6, 6.07) is 0. The Kier molecular flexibility index (Phi) is 2.68. The van der Waals surface area contributed by atoms with Gasteiger partial charge in [-0.05, 0) is 50.0 Å². The van der Waals surface area contributed by atoms with Gasteiger partial charge in [0.15, 0.2) is 0 Å². The van der Waals surface area contributed by atoms with Crippen molar-refractivity contribution < 1.29 is 14.9 Å². The summed E-state index contributed by atoms with van der Waals surface area (Å²) >= 11 is 0. The van der Waals surface area contributed by atoms with Crippen LogP contribution in [0.1, 0.15) is 53.4 Å². The number of allylic oxidation sites excluding steroid dienone is 1. The molecule has 1 spiro atoms. The third kappa shape index (κ3) is 1.41. The zero-order chi connectivity index (χ0) is 13.1. The maximum Gasteiger partial charge on any atom is 0.131 e. The van der Waals surface area contributed by atoms with Crippen LogP contribution in [0.3, 0.4) is 0 Å². The van der Waals surface area contributed by atoms with Gasteiger partial charge in [0.05, 0.1) is 0 Å². The number of hydrogen-bond acceptors (Lipinski definition) is 3. The predicted octanol–water partition coefficient (Wildman–Crippen LogP) is 2.98. The molecule has 2 aliphatic heterocycles. The van der Waals surface area contributed by atoms with Gasteiger partial charge in [-0.3, -0.25) is 0 Å². The second kappa shape index (κ2) is 3.81. The molecule has 0 aromatic rings. The molecule has 3 nitrogen and oxygen atoms in total. The van der Waals surface area contributed by atoms with Crippen molar-refractivity contribution in [3.05, 3.63) is 11.1 Å². The van der Waals surface area contributed by atoms with Crippen LogP contribution in [0, 0.1) is 11.8 Å². The minimum Gasteiger partial charge on any atom is -0.385 e. The lowest BCUT2D eigenvalue weighted by atomic mass is 9.59.